The van der Waals surface area contributed by atoms with Gasteiger partial charge in [-0.2, -0.15) is 0 Å². The predicted octanol–water partition coefficient (Wildman–Crippen LogP) is 3.50. The number of hydrogen-bond acceptors (Lipinski definition) is 3. The Hall–Kier alpha value is -1.62. The Bertz CT molecular complexity index is 670. The van der Waals surface area contributed by atoms with Crippen LogP contribution in [-0.2, 0) is 4.79 Å². The Morgan fingerprint density at radius 1 is 1.04 bits per heavy atom. The quantitative estimate of drug-likeness (QED) is 0.795. The Kier molecular flexibility index (Phi) is 4.91. The molecule has 2 N–H and O–H groups in total. The molecule has 0 aliphatic heterocycles. The van der Waals surface area contributed by atoms with Crippen LogP contribution in [0.5, 0.6) is 5.75 Å². The molecule has 4 fully saturated rings. The minimum Gasteiger partial charge on any atom is -0.484 e. The molecule has 140 valence electrons. The number of ether oxygens (including phenoxy) is 1. The molecule has 1 aromatic rings. The molecule has 1 aromatic carbocycles. The lowest BCUT2D eigenvalue weighted by atomic mass is 9.54. The molecule has 0 spiro atoms. The van der Waals surface area contributed by atoms with Crippen LogP contribution in [0.2, 0.25) is 0 Å². The zero-order valence-corrected chi connectivity index (χ0v) is 16.4. The van der Waals surface area contributed by atoms with Crippen molar-refractivity contribution < 1.29 is 9.53 Å². The predicted molar refractivity (Wildman–Crippen MR) is 106 cm³/mol. The van der Waals surface area contributed by atoms with Crippen LogP contribution in [0, 0.1) is 37.5 Å². The van der Waals surface area contributed by atoms with E-state index in [4.69, 9.17) is 17.0 Å². The van der Waals surface area contributed by atoms with E-state index in [1.807, 2.05) is 26.0 Å². The summed E-state index contributed by atoms with van der Waals surface area (Å²) in [6, 6.07) is 6.39. The Balaban J connectivity index is 1.26. The maximum absolute atomic E-state index is 12.2. The summed E-state index contributed by atoms with van der Waals surface area (Å²) in [7, 11) is 0. The van der Waals surface area contributed by atoms with Crippen molar-refractivity contribution in [2.45, 2.75) is 52.0 Å². The fourth-order valence-electron chi connectivity index (χ4n) is 5.68. The smallest absolute Gasteiger partial charge is 0.264 e. The first-order valence-electron chi connectivity index (χ1n) is 9.77. The molecule has 4 nitrogen and oxygen atoms in total. The summed E-state index contributed by atoms with van der Waals surface area (Å²) in [6.07, 6.45) is 6.76. The SMILES string of the molecule is Cc1cc(C)cc(OCC(=O)NC(=S)NC2C3CC4CC(C3)CC2C4)c1. The molecule has 5 heteroatoms. The van der Waals surface area contributed by atoms with Crippen molar-refractivity contribution in [2.75, 3.05) is 6.61 Å². The van der Waals surface area contributed by atoms with Crippen molar-refractivity contribution in [1.29, 1.82) is 0 Å². The van der Waals surface area contributed by atoms with Gasteiger partial charge < -0.3 is 15.4 Å². The average Bonchev–Trinajstić information content (AvgIpc) is 2.55. The van der Waals surface area contributed by atoms with Gasteiger partial charge in [0.25, 0.3) is 5.91 Å². The molecule has 0 heterocycles. The number of thiocarbonyl (C=S) groups is 1. The van der Waals surface area contributed by atoms with Gasteiger partial charge in [-0.1, -0.05) is 6.07 Å². The maximum Gasteiger partial charge on any atom is 0.264 e. The first-order chi connectivity index (χ1) is 12.5. The third kappa shape index (κ3) is 3.88. The van der Waals surface area contributed by atoms with E-state index in [1.54, 1.807) is 0 Å². The van der Waals surface area contributed by atoms with Gasteiger partial charge >= 0.3 is 0 Å². The second-order valence-electron chi connectivity index (χ2n) is 8.59. The van der Waals surface area contributed by atoms with Crippen molar-refractivity contribution in [1.82, 2.24) is 10.6 Å². The standard InChI is InChI=1S/C21H28N2O2S/c1-12-3-13(2)5-18(4-12)25-11-19(24)22-21(26)23-20-16-7-14-6-15(9-16)10-17(20)8-14/h3-5,14-17,20H,6-11H2,1-2H3,(H2,22,23,24,26). The molecule has 26 heavy (non-hydrogen) atoms. The largest absolute Gasteiger partial charge is 0.484 e. The van der Waals surface area contributed by atoms with Crippen LogP contribution >= 0.6 is 12.2 Å². The van der Waals surface area contributed by atoms with Gasteiger partial charge in [0.15, 0.2) is 11.7 Å². The van der Waals surface area contributed by atoms with Gasteiger partial charge in [0.05, 0.1) is 0 Å². The molecule has 5 rings (SSSR count). The van der Waals surface area contributed by atoms with E-state index in [0.717, 1.165) is 40.5 Å². The molecule has 1 amide bonds. The van der Waals surface area contributed by atoms with Gasteiger partial charge in [-0.05, 0) is 105 Å². The lowest BCUT2D eigenvalue weighted by molar-refractivity contribution is -0.121. The number of carbonyl (C=O) groups excluding carboxylic acids is 1. The summed E-state index contributed by atoms with van der Waals surface area (Å²) in [5.74, 6) is 3.85. The van der Waals surface area contributed by atoms with E-state index in [0.29, 0.717) is 11.2 Å². The number of rotatable bonds is 4. The monoisotopic (exact) mass is 372 g/mol. The summed E-state index contributed by atoms with van der Waals surface area (Å²) in [5, 5.41) is 6.70. The molecular formula is C21H28N2O2S. The van der Waals surface area contributed by atoms with Gasteiger partial charge in [0, 0.05) is 6.04 Å². The summed E-state index contributed by atoms with van der Waals surface area (Å²) in [6.45, 7) is 4.01. The maximum atomic E-state index is 12.2. The van der Waals surface area contributed by atoms with Crippen LogP contribution in [0.4, 0.5) is 0 Å². The minimum absolute atomic E-state index is 0.0214. The molecule has 4 aliphatic rings. The van der Waals surface area contributed by atoms with E-state index in [-0.39, 0.29) is 12.5 Å². The third-order valence-electron chi connectivity index (χ3n) is 6.34. The number of aryl methyl sites for hydroxylation is 2. The Morgan fingerprint density at radius 3 is 2.19 bits per heavy atom. The van der Waals surface area contributed by atoms with Crippen LogP contribution in [0.1, 0.15) is 43.2 Å². The van der Waals surface area contributed by atoms with Gasteiger partial charge in [-0.25, -0.2) is 0 Å². The highest BCUT2D eigenvalue weighted by atomic mass is 32.1. The number of nitrogens with one attached hydrogen (secondary N) is 2. The molecular weight excluding hydrogens is 344 g/mol. The van der Waals surface area contributed by atoms with E-state index in [9.17, 15) is 4.79 Å². The number of amides is 1. The molecule has 4 aliphatic carbocycles. The van der Waals surface area contributed by atoms with Gasteiger partial charge in [-0.15, -0.1) is 0 Å². The number of benzene rings is 1. The Morgan fingerprint density at radius 2 is 1.62 bits per heavy atom. The fourth-order valence-corrected chi connectivity index (χ4v) is 5.93. The summed E-state index contributed by atoms with van der Waals surface area (Å²) in [5.41, 5.74) is 2.25. The highest BCUT2D eigenvalue weighted by molar-refractivity contribution is 7.80. The topological polar surface area (TPSA) is 50.4 Å². The Labute approximate surface area is 161 Å². The van der Waals surface area contributed by atoms with Crippen molar-refractivity contribution in [3.05, 3.63) is 29.3 Å². The van der Waals surface area contributed by atoms with Crippen LogP contribution in [0.15, 0.2) is 18.2 Å². The van der Waals surface area contributed by atoms with Crippen molar-refractivity contribution in [3.8, 4) is 5.75 Å². The van der Waals surface area contributed by atoms with Crippen molar-refractivity contribution >= 4 is 23.2 Å². The molecule has 0 saturated heterocycles. The second-order valence-corrected chi connectivity index (χ2v) is 9.00. The molecule has 0 atom stereocenters. The molecule has 4 saturated carbocycles. The summed E-state index contributed by atoms with van der Waals surface area (Å²) < 4.78 is 5.62. The first-order valence-corrected chi connectivity index (χ1v) is 10.2. The van der Waals surface area contributed by atoms with Crippen LogP contribution in [-0.4, -0.2) is 23.7 Å². The lowest BCUT2D eigenvalue weighted by Gasteiger charge is -2.54. The fraction of sp³-hybridized carbons (Fsp3) is 0.619. The first kappa shape index (κ1) is 17.8. The highest BCUT2D eigenvalue weighted by Gasteiger charge is 2.48. The van der Waals surface area contributed by atoms with Gasteiger partial charge in [0.1, 0.15) is 5.75 Å². The zero-order valence-electron chi connectivity index (χ0n) is 15.6. The summed E-state index contributed by atoms with van der Waals surface area (Å²) in [4.78, 5) is 12.2. The highest BCUT2D eigenvalue weighted by Crippen LogP contribution is 2.53. The average molecular weight is 373 g/mol. The number of hydrogen-bond donors (Lipinski definition) is 2. The molecule has 0 radical (unpaired) electrons. The van der Waals surface area contributed by atoms with E-state index in [1.165, 1.54) is 32.1 Å². The lowest BCUT2D eigenvalue weighted by Crippen LogP contribution is -2.58. The minimum atomic E-state index is -0.203. The van der Waals surface area contributed by atoms with E-state index < -0.39 is 0 Å². The zero-order chi connectivity index (χ0) is 18.3. The number of carbonyl (C=O) groups is 1. The van der Waals surface area contributed by atoms with Crippen molar-refractivity contribution in [3.63, 3.8) is 0 Å². The normalized spacial score (nSPS) is 31.5. The van der Waals surface area contributed by atoms with Gasteiger partial charge in [-0.3, -0.25) is 4.79 Å². The van der Waals surface area contributed by atoms with E-state index >= 15 is 0 Å². The van der Waals surface area contributed by atoms with Gasteiger partial charge in [0.2, 0.25) is 0 Å². The molecule has 0 aromatic heterocycles. The van der Waals surface area contributed by atoms with Crippen molar-refractivity contribution in [2.24, 2.45) is 23.7 Å². The van der Waals surface area contributed by atoms with Crippen LogP contribution in [0.25, 0.3) is 0 Å². The van der Waals surface area contributed by atoms with Crippen LogP contribution in [0.3, 0.4) is 0 Å². The second kappa shape index (κ2) is 7.18. The van der Waals surface area contributed by atoms with Crippen LogP contribution < -0.4 is 15.4 Å². The summed E-state index contributed by atoms with van der Waals surface area (Å²) >= 11 is 5.40. The third-order valence-corrected chi connectivity index (χ3v) is 6.56. The molecule has 4 bridgehead atoms. The van der Waals surface area contributed by atoms with E-state index in [2.05, 4.69) is 16.7 Å². The molecule has 0 unspecified atom stereocenters.